The van der Waals surface area contributed by atoms with Crippen LogP contribution in [0, 0.1) is 0 Å². The highest BCUT2D eigenvalue weighted by Crippen LogP contribution is 2.31. The molecule has 0 radical (unpaired) electrons. The number of benzene rings is 2. The number of nitrogens with one attached hydrogen (secondary N) is 1. The van der Waals surface area contributed by atoms with E-state index in [0.717, 1.165) is 0 Å². The molecule has 2 aromatic carbocycles. The number of phenols is 1. The molecule has 0 aliphatic carbocycles. The van der Waals surface area contributed by atoms with E-state index in [9.17, 15) is 13.5 Å². The van der Waals surface area contributed by atoms with Crippen LogP contribution in [0.3, 0.4) is 0 Å². The first-order chi connectivity index (χ1) is 9.29. The lowest BCUT2D eigenvalue weighted by molar-refractivity contribution is 0.477. The van der Waals surface area contributed by atoms with Crippen LogP contribution in [0.5, 0.6) is 5.75 Å². The smallest absolute Gasteiger partial charge is 0.263 e. The highest BCUT2D eigenvalue weighted by atomic mass is 35.5. The summed E-state index contributed by atoms with van der Waals surface area (Å²) in [5.41, 5.74) is -0.00885. The van der Waals surface area contributed by atoms with E-state index < -0.39 is 10.0 Å². The van der Waals surface area contributed by atoms with Gasteiger partial charge in [0.25, 0.3) is 10.0 Å². The number of halogens is 3. The predicted molar refractivity (Wildman–Crippen MR) is 80.4 cm³/mol. The quantitative estimate of drug-likeness (QED) is 0.815. The standard InChI is InChI=1S/C12H8Cl3NO3S/c13-7-2-4-10(11(17)5-7)16-20(18,19)12-6-8(14)1-3-9(12)15/h1-6,16-17H. The molecule has 2 N–H and O–H groups in total. The predicted octanol–water partition coefficient (Wildman–Crippen LogP) is 4.15. The molecule has 4 nitrogen and oxygen atoms in total. The van der Waals surface area contributed by atoms with Crippen molar-refractivity contribution in [2.45, 2.75) is 4.90 Å². The van der Waals surface area contributed by atoms with Gasteiger partial charge in [0, 0.05) is 16.1 Å². The van der Waals surface area contributed by atoms with Gasteiger partial charge in [-0.1, -0.05) is 34.8 Å². The third-order valence-electron chi connectivity index (χ3n) is 2.39. The number of phenolic OH excluding ortho intramolecular Hbond substituents is 1. The van der Waals surface area contributed by atoms with Crippen molar-refractivity contribution in [1.29, 1.82) is 0 Å². The second-order valence-electron chi connectivity index (χ2n) is 3.84. The molecule has 0 saturated carbocycles. The Labute approximate surface area is 131 Å². The van der Waals surface area contributed by atoms with Crippen LogP contribution in [0.15, 0.2) is 41.3 Å². The normalized spacial score (nSPS) is 11.3. The van der Waals surface area contributed by atoms with Crippen molar-refractivity contribution < 1.29 is 13.5 Å². The summed E-state index contributed by atoms with van der Waals surface area (Å²) in [6.45, 7) is 0. The molecule has 0 aliphatic rings. The van der Waals surface area contributed by atoms with Crippen molar-refractivity contribution in [3.63, 3.8) is 0 Å². The molecule has 0 spiro atoms. The molecule has 8 heteroatoms. The van der Waals surface area contributed by atoms with Crippen LogP contribution < -0.4 is 4.72 Å². The third kappa shape index (κ3) is 3.30. The molecular weight excluding hydrogens is 345 g/mol. The van der Waals surface area contributed by atoms with Crippen molar-refractivity contribution in [2.75, 3.05) is 4.72 Å². The Bertz CT molecular complexity index is 763. The summed E-state index contributed by atoms with van der Waals surface area (Å²) >= 11 is 17.3. The Hall–Kier alpha value is -1.14. The third-order valence-corrected chi connectivity index (χ3v) is 4.70. The maximum Gasteiger partial charge on any atom is 0.263 e. The number of aromatic hydroxyl groups is 1. The van der Waals surface area contributed by atoms with E-state index >= 15 is 0 Å². The van der Waals surface area contributed by atoms with Gasteiger partial charge in [-0.15, -0.1) is 0 Å². The molecule has 0 saturated heterocycles. The second kappa shape index (κ2) is 5.69. The molecule has 20 heavy (non-hydrogen) atoms. The Morgan fingerprint density at radius 3 is 2.20 bits per heavy atom. The van der Waals surface area contributed by atoms with E-state index in [0.29, 0.717) is 0 Å². The minimum atomic E-state index is -3.97. The molecule has 0 atom stereocenters. The van der Waals surface area contributed by atoms with E-state index in [4.69, 9.17) is 34.8 Å². The number of anilines is 1. The number of rotatable bonds is 3. The van der Waals surface area contributed by atoms with E-state index in [1.807, 2.05) is 0 Å². The van der Waals surface area contributed by atoms with Gasteiger partial charge in [0.1, 0.15) is 10.6 Å². The Morgan fingerprint density at radius 2 is 1.55 bits per heavy atom. The van der Waals surface area contributed by atoms with Gasteiger partial charge in [-0.05, 0) is 30.3 Å². The zero-order valence-electron chi connectivity index (χ0n) is 9.77. The van der Waals surface area contributed by atoms with Crippen molar-refractivity contribution in [1.82, 2.24) is 0 Å². The molecule has 2 aromatic rings. The van der Waals surface area contributed by atoms with Gasteiger partial charge in [-0.2, -0.15) is 0 Å². The maximum atomic E-state index is 12.2. The van der Waals surface area contributed by atoms with Crippen LogP contribution in [-0.2, 0) is 10.0 Å². The highest BCUT2D eigenvalue weighted by molar-refractivity contribution is 7.92. The van der Waals surface area contributed by atoms with Crippen molar-refractivity contribution in [2.24, 2.45) is 0 Å². The minimum Gasteiger partial charge on any atom is -0.506 e. The van der Waals surface area contributed by atoms with E-state index in [1.165, 1.54) is 36.4 Å². The van der Waals surface area contributed by atoms with Gasteiger partial charge in [0.05, 0.1) is 10.7 Å². The number of hydrogen-bond donors (Lipinski definition) is 2. The summed E-state index contributed by atoms with van der Waals surface area (Å²) in [7, 11) is -3.97. The molecule has 0 bridgehead atoms. The lowest BCUT2D eigenvalue weighted by Gasteiger charge is -2.11. The van der Waals surface area contributed by atoms with Gasteiger partial charge in [-0.25, -0.2) is 8.42 Å². The molecule has 2 rings (SSSR count). The number of sulfonamides is 1. The largest absolute Gasteiger partial charge is 0.506 e. The Kier molecular flexibility index (Phi) is 4.34. The molecule has 0 heterocycles. The monoisotopic (exact) mass is 351 g/mol. The topological polar surface area (TPSA) is 66.4 Å². The summed E-state index contributed by atoms with van der Waals surface area (Å²) in [5.74, 6) is -0.292. The average molecular weight is 353 g/mol. The fourth-order valence-corrected chi connectivity index (χ4v) is 3.48. The zero-order valence-corrected chi connectivity index (χ0v) is 12.9. The first-order valence-corrected chi connectivity index (χ1v) is 7.88. The summed E-state index contributed by atoms with van der Waals surface area (Å²) < 4.78 is 26.6. The first-order valence-electron chi connectivity index (χ1n) is 5.26. The first kappa shape index (κ1) is 15.3. The zero-order chi connectivity index (χ0) is 14.9. The minimum absolute atomic E-state index is 0.00885. The molecule has 0 unspecified atom stereocenters. The van der Waals surface area contributed by atoms with Gasteiger partial charge < -0.3 is 5.11 Å². The molecule has 0 amide bonds. The van der Waals surface area contributed by atoms with Gasteiger partial charge in [0.15, 0.2) is 0 Å². The van der Waals surface area contributed by atoms with Crippen molar-refractivity contribution >= 4 is 50.5 Å². The van der Waals surface area contributed by atoms with E-state index in [2.05, 4.69) is 4.72 Å². The van der Waals surface area contributed by atoms with E-state index in [-0.39, 0.29) is 31.4 Å². The summed E-state index contributed by atoms with van der Waals surface area (Å²) in [4.78, 5) is -0.180. The highest BCUT2D eigenvalue weighted by Gasteiger charge is 2.20. The van der Waals surface area contributed by atoms with Crippen LogP contribution in [0.2, 0.25) is 15.1 Å². The summed E-state index contributed by atoms with van der Waals surface area (Å²) in [6, 6.07) is 8.08. The van der Waals surface area contributed by atoms with Crippen LogP contribution in [0.25, 0.3) is 0 Å². The van der Waals surface area contributed by atoms with Crippen LogP contribution in [-0.4, -0.2) is 13.5 Å². The van der Waals surface area contributed by atoms with Gasteiger partial charge >= 0.3 is 0 Å². The van der Waals surface area contributed by atoms with Crippen molar-refractivity contribution in [3.8, 4) is 5.75 Å². The molecule has 0 aromatic heterocycles. The van der Waals surface area contributed by atoms with Gasteiger partial charge in [0.2, 0.25) is 0 Å². The maximum absolute atomic E-state index is 12.2. The van der Waals surface area contributed by atoms with Gasteiger partial charge in [-0.3, -0.25) is 4.72 Å². The lowest BCUT2D eigenvalue weighted by atomic mass is 10.3. The van der Waals surface area contributed by atoms with Crippen molar-refractivity contribution in [3.05, 3.63) is 51.5 Å². The van der Waals surface area contributed by atoms with Crippen LogP contribution in [0.1, 0.15) is 0 Å². The van der Waals surface area contributed by atoms with Crippen LogP contribution >= 0.6 is 34.8 Å². The summed E-state index contributed by atoms with van der Waals surface area (Å²) in [6.07, 6.45) is 0. The molecule has 0 fully saturated rings. The Morgan fingerprint density at radius 1 is 0.950 bits per heavy atom. The molecule has 106 valence electrons. The lowest BCUT2D eigenvalue weighted by Crippen LogP contribution is -2.13. The fourth-order valence-electron chi connectivity index (χ4n) is 1.47. The SMILES string of the molecule is O=S(=O)(Nc1ccc(Cl)cc1O)c1cc(Cl)ccc1Cl. The molecule has 0 aliphatic heterocycles. The van der Waals surface area contributed by atoms with E-state index in [1.54, 1.807) is 0 Å². The Balaban J connectivity index is 2.43. The molecular formula is C12H8Cl3NO3S. The second-order valence-corrected chi connectivity index (χ2v) is 6.77. The summed E-state index contributed by atoms with van der Waals surface area (Å²) in [5, 5.41) is 10.2. The number of hydrogen-bond acceptors (Lipinski definition) is 3. The van der Waals surface area contributed by atoms with Crippen LogP contribution in [0.4, 0.5) is 5.69 Å². The average Bonchev–Trinajstić information content (AvgIpc) is 2.35. The fraction of sp³-hybridized carbons (Fsp3) is 0.